The van der Waals surface area contributed by atoms with Gasteiger partial charge in [-0.3, -0.25) is 0 Å². The summed E-state index contributed by atoms with van der Waals surface area (Å²) >= 11 is 12.2. The van der Waals surface area contributed by atoms with Crippen molar-refractivity contribution in [3.63, 3.8) is 0 Å². The first-order valence-electron chi connectivity index (χ1n) is 6.76. The highest BCUT2D eigenvalue weighted by atomic mass is 35.5. The SMILES string of the molecule is CC(C)C1(Cn2c(CCl)nc3ccc(Cl)cc32)CC1. The van der Waals surface area contributed by atoms with E-state index in [4.69, 9.17) is 23.2 Å². The maximum atomic E-state index is 6.12. The molecule has 19 heavy (non-hydrogen) atoms. The van der Waals surface area contributed by atoms with E-state index in [0.29, 0.717) is 17.2 Å². The number of alkyl halides is 1. The first-order valence-corrected chi connectivity index (χ1v) is 7.68. The molecule has 0 atom stereocenters. The quantitative estimate of drug-likeness (QED) is 0.736. The Morgan fingerprint density at radius 1 is 1.37 bits per heavy atom. The number of fused-ring (bicyclic) bond motifs is 1. The molecule has 0 saturated heterocycles. The van der Waals surface area contributed by atoms with Crippen molar-refractivity contribution < 1.29 is 0 Å². The van der Waals surface area contributed by atoms with Crippen molar-refractivity contribution in [2.75, 3.05) is 0 Å². The minimum Gasteiger partial charge on any atom is -0.326 e. The van der Waals surface area contributed by atoms with Crippen LogP contribution < -0.4 is 0 Å². The highest BCUT2D eigenvalue weighted by Crippen LogP contribution is 2.53. The summed E-state index contributed by atoms with van der Waals surface area (Å²) < 4.78 is 2.27. The highest BCUT2D eigenvalue weighted by Gasteiger charge is 2.45. The normalized spacial score (nSPS) is 17.3. The first kappa shape index (κ1) is 13.3. The van der Waals surface area contributed by atoms with E-state index in [0.717, 1.165) is 28.4 Å². The Morgan fingerprint density at radius 2 is 2.11 bits per heavy atom. The van der Waals surface area contributed by atoms with Gasteiger partial charge < -0.3 is 4.57 Å². The Kier molecular flexibility index (Phi) is 3.26. The van der Waals surface area contributed by atoms with Crippen LogP contribution in [0.4, 0.5) is 0 Å². The van der Waals surface area contributed by atoms with Gasteiger partial charge in [-0.15, -0.1) is 11.6 Å². The van der Waals surface area contributed by atoms with E-state index >= 15 is 0 Å². The number of aromatic nitrogens is 2. The number of imidazole rings is 1. The largest absolute Gasteiger partial charge is 0.326 e. The lowest BCUT2D eigenvalue weighted by Crippen LogP contribution is -2.19. The van der Waals surface area contributed by atoms with E-state index in [2.05, 4.69) is 23.4 Å². The van der Waals surface area contributed by atoms with Crippen molar-refractivity contribution in [2.24, 2.45) is 11.3 Å². The molecular weight excluding hydrogens is 279 g/mol. The van der Waals surface area contributed by atoms with Gasteiger partial charge in [-0.2, -0.15) is 0 Å². The average molecular weight is 297 g/mol. The topological polar surface area (TPSA) is 17.8 Å². The summed E-state index contributed by atoms with van der Waals surface area (Å²) in [5.74, 6) is 2.08. The second-order valence-corrected chi connectivity index (χ2v) is 6.60. The maximum Gasteiger partial charge on any atom is 0.124 e. The molecule has 4 heteroatoms. The van der Waals surface area contributed by atoms with Gasteiger partial charge in [-0.1, -0.05) is 25.4 Å². The van der Waals surface area contributed by atoms with Gasteiger partial charge in [0.25, 0.3) is 0 Å². The van der Waals surface area contributed by atoms with Crippen LogP contribution in [0.1, 0.15) is 32.5 Å². The average Bonchev–Trinajstić information content (AvgIpc) is 3.09. The highest BCUT2D eigenvalue weighted by molar-refractivity contribution is 6.31. The second-order valence-electron chi connectivity index (χ2n) is 5.90. The summed E-state index contributed by atoms with van der Waals surface area (Å²) in [6.07, 6.45) is 2.60. The smallest absolute Gasteiger partial charge is 0.124 e. The fourth-order valence-corrected chi connectivity index (χ4v) is 3.19. The molecule has 1 aliphatic carbocycles. The predicted molar refractivity (Wildman–Crippen MR) is 80.8 cm³/mol. The summed E-state index contributed by atoms with van der Waals surface area (Å²) in [5.41, 5.74) is 2.52. The molecule has 0 aliphatic heterocycles. The van der Waals surface area contributed by atoms with Crippen molar-refractivity contribution in [3.05, 3.63) is 29.0 Å². The van der Waals surface area contributed by atoms with Crippen LogP contribution in [0.3, 0.4) is 0 Å². The third-order valence-corrected chi connectivity index (χ3v) is 4.97. The van der Waals surface area contributed by atoms with Crippen LogP contribution in [0.25, 0.3) is 11.0 Å². The summed E-state index contributed by atoms with van der Waals surface area (Å²) in [4.78, 5) is 4.62. The Labute approximate surface area is 123 Å². The van der Waals surface area contributed by atoms with Gasteiger partial charge in [0, 0.05) is 11.6 Å². The predicted octanol–water partition coefficient (Wildman–Crippen LogP) is 4.86. The molecule has 0 bridgehead atoms. The summed E-state index contributed by atoms with van der Waals surface area (Å²) in [5, 5.41) is 0.754. The molecule has 0 radical (unpaired) electrons. The van der Waals surface area contributed by atoms with Crippen LogP contribution in [0.15, 0.2) is 18.2 Å². The van der Waals surface area contributed by atoms with Crippen LogP contribution in [-0.2, 0) is 12.4 Å². The molecule has 1 aliphatic rings. The number of hydrogen-bond donors (Lipinski definition) is 0. The minimum atomic E-state index is 0.427. The second kappa shape index (κ2) is 4.68. The van der Waals surface area contributed by atoms with Crippen LogP contribution >= 0.6 is 23.2 Å². The molecule has 3 rings (SSSR count). The lowest BCUT2D eigenvalue weighted by atomic mass is 9.92. The van der Waals surface area contributed by atoms with Crippen LogP contribution in [0.5, 0.6) is 0 Å². The molecule has 1 aromatic heterocycles. The first-order chi connectivity index (χ1) is 9.05. The summed E-state index contributed by atoms with van der Waals surface area (Å²) in [6, 6.07) is 5.85. The van der Waals surface area contributed by atoms with E-state index in [1.165, 1.54) is 12.8 Å². The molecule has 0 spiro atoms. The van der Waals surface area contributed by atoms with Gasteiger partial charge in [0.05, 0.1) is 16.9 Å². The summed E-state index contributed by atoms with van der Waals surface area (Å²) in [7, 11) is 0. The molecule has 1 aromatic carbocycles. The number of hydrogen-bond acceptors (Lipinski definition) is 1. The zero-order valence-corrected chi connectivity index (χ0v) is 12.8. The molecule has 0 unspecified atom stereocenters. The molecule has 0 N–H and O–H groups in total. The van der Waals surface area contributed by atoms with Crippen molar-refractivity contribution in [1.29, 1.82) is 0 Å². The minimum absolute atomic E-state index is 0.427. The standard InChI is InChI=1S/C15H18Cl2N2/c1-10(2)15(5-6-15)9-19-13-7-11(17)3-4-12(13)18-14(19)8-16/h3-4,7,10H,5-6,8-9H2,1-2H3. The fraction of sp³-hybridized carbons (Fsp3) is 0.533. The van der Waals surface area contributed by atoms with E-state index in [1.54, 1.807) is 0 Å². The molecule has 1 fully saturated rings. The number of benzene rings is 1. The Hall–Kier alpha value is -0.730. The molecular formula is C15H18Cl2N2. The molecule has 0 amide bonds. The van der Waals surface area contributed by atoms with Crippen LogP contribution in [0, 0.1) is 11.3 Å². The van der Waals surface area contributed by atoms with Crippen LogP contribution in [-0.4, -0.2) is 9.55 Å². The van der Waals surface area contributed by atoms with Crippen molar-refractivity contribution in [3.8, 4) is 0 Å². The monoisotopic (exact) mass is 296 g/mol. The van der Waals surface area contributed by atoms with Gasteiger partial charge in [0.15, 0.2) is 0 Å². The maximum absolute atomic E-state index is 6.12. The Morgan fingerprint density at radius 3 is 2.68 bits per heavy atom. The Balaban J connectivity index is 2.08. The molecule has 1 heterocycles. The molecule has 102 valence electrons. The number of rotatable bonds is 4. The fourth-order valence-electron chi connectivity index (χ4n) is 2.82. The van der Waals surface area contributed by atoms with Crippen molar-refractivity contribution in [1.82, 2.24) is 9.55 Å². The van der Waals surface area contributed by atoms with Crippen molar-refractivity contribution >= 4 is 34.2 Å². The van der Waals surface area contributed by atoms with Crippen molar-refractivity contribution in [2.45, 2.75) is 39.1 Å². The molecule has 1 saturated carbocycles. The summed E-state index contributed by atoms with van der Waals surface area (Å²) in [6.45, 7) is 5.61. The van der Waals surface area contributed by atoms with E-state index in [9.17, 15) is 0 Å². The van der Waals surface area contributed by atoms with E-state index in [-0.39, 0.29) is 0 Å². The lowest BCUT2D eigenvalue weighted by molar-refractivity contribution is 0.309. The number of halogens is 2. The molecule has 2 aromatic rings. The third-order valence-electron chi connectivity index (χ3n) is 4.50. The van der Waals surface area contributed by atoms with E-state index < -0.39 is 0 Å². The van der Waals surface area contributed by atoms with Gasteiger partial charge >= 0.3 is 0 Å². The van der Waals surface area contributed by atoms with Gasteiger partial charge in [-0.05, 0) is 42.4 Å². The van der Waals surface area contributed by atoms with Crippen LogP contribution in [0.2, 0.25) is 5.02 Å². The van der Waals surface area contributed by atoms with E-state index in [1.807, 2.05) is 18.2 Å². The lowest BCUT2D eigenvalue weighted by Gasteiger charge is -2.21. The Bertz CT molecular complexity index is 612. The van der Waals surface area contributed by atoms with Gasteiger partial charge in [0.2, 0.25) is 0 Å². The number of nitrogens with zero attached hydrogens (tertiary/aromatic N) is 2. The third kappa shape index (κ3) is 2.25. The van der Waals surface area contributed by atoms with Gasteiger partial charge in [-0.25, -0.2) is 4.98 Å². The zero-order valence-electron chi connectivity index (χ0n) is 11.3. The zero-order chi connectivity index (χ0) is 13.6. The molecule has 2 nitrogen and oxygen atoms in total. The van der Waals surface area contributed by atoms with Gasteiger partial charge in [0.1, 0.15) is 5.82 Å².